The fourth-order valence-electron chi connectivity index (χ4n) is 3.64. The molecular formula is C15H29N3O. The van der Waals surface area contributed by atoms with E-state index in [1.165, 1.54) is 6.42 Å². The Hall–Kier alpha value is -0.610. The minimum absolute atomic E-state index is 0.0504. The molecule has 2 fully saturated rings. The zero-order valence-electron chi connectivity index (χ0n) is 12.6. The Morgan fingerprint density at radius 2 is 1.89 bits per heavy atom. The molecule has 1 saturated heterocycles. The van der Waals surface area contributed by atoms with Gasteiger partial charge < -0.3 is 15.5 Å². The molecule has 0 aromatic carbocycles. The minimum Gasteiger partial charge on any atom is -0.338 e. The summed E-state index contributed by atoms with van der Waals surface area (Å²) in [6, 6.07) is 0.360. The van der Waals surface area contributed by atoms with Crippen LogP contribution in [-0.2, 0) is 4.79 Å². The van der Waals surface area contributed by atoms with Crippen LogP contribution >= 0.6 is 0 Å². The summed E-state index contributed by atoms with van der Waals surface area (Å²) in [6.45, 7) is 7.30. The zero-order valence-corrected chi connectivity index (χ0v) is 12.6. The average Bonchev–Trinajstić information content (AvgIpc) is 2.53. The van der Waals surface area contributed by atoms with Crippen molar-refractivity contribution in [3.63, 3.8) is 0 Å². The molecule has 1 aliphatic carbocycles. The lowest BCUT2D eigenvalue weighted by Gasteiger charge is -2.38. The van der Waals surface area contributed by atoms with Gasteiger partial charge in [-0.05, 0) is 45.7 Å². The van der Waals surface area contributed by atoms with E-state index >= 15 is 0 Å². The number of carbonyl (C=O) groups excluding carboxylic acids is 1. The van der Waals surface area contributed by atoms with Crippen molar-refractivity contribution in [2.75, 3.05) is 26.7 Å². The predicted octanol–water partition coefficient (Wildman–Crippen LogP) is 1.30. The first kappa shape index (κ1) is 14.8. The van der Waals surface area contributed by atoms with Crippen molar-refractivity contribution in [3.05, 3.63) is 0 Å². The van der Waals surface area contributed by atoms with Gasteiger partial charge in [-0.2, -0.15) is 0 Å². The molecule has 110 valence electrons. The topological polar surface area (TPSA) is 49.6 Å². The van der Waals surface area contributed by atoms with E-state index in [1.807, 2.05) is 0 Å². The van der Waals surface area contributed by atoms with Gasteiger partial charge in [-0.25, -0.2) is 0 Å². The van der Waals surface area contributed by atoms with Crippen LogP contribution < -0.4 is 5.73 Å². The molecular weight excluding hydrogens is 238 g/mol. The van der Waals surface area contributed by atoms with E-state index in [2.05, 4.69) is 30.7 Å². The molecule has 0 bridgehead atoms. The van der Waals surface area contributed by atoms with E-state index in [4.69, 9.17) is 5.73 Å². The third-order valence-electron chi connectivity index (χ3n) is 4.94. The van der Waals surface area contributed by atoms with Gasteiger partial charge in [-0.15, -0.1) is 0 Å². The molecule has 19 heavy (non-hydrogen) atoms. The molecule has 4 unspecified atom stereocenters. The maximum absolute atomic E-state index is 12.8. The van der Waals surface area contributed by atoms with Gasteiger partial charge >= 0.3 is 0 Å². The van der Waals surface area contributed by atoms with Crippen LogP contribution in [0.25, 0.3) is 0 Å². The molecule has 4 heteroatoms. The Morgan fingerprint density at radius 1 is 1.16 bits per heavy atom. The van der Waals surface area contributed by atoms with Gasteiger partial charge in [0, 0.05) is 25.2 Å². The third kappa shape index (κ3) is 3.29. The van der Waals surface area contributed by atoms with Gasteiger partial charge in [0.1, 0.15) is 0 Å². The van der Waals surface area contributed by atoms with Gasteiger partial charge in [0.25, 0.3) is 0 Å². The second kappa shape index (κ2) is 6.23. The summed E-state index contributed by atoms with van der Waals surface area (Å²) in [5, 5.41) is 0. The predicted molar refractivity (Wildman–Crippen MR) is 77.8 cm³/mol. The summed E-state index contributed by atoms with van der Waals surface area (Å²) in [4.78, 5) is 17.2. The fraction of sp³-hybridized carbons (Fsp3) is 0.933. The van der Waals surface area contributed by atoms with E-state index in [1.54, 1.807) is 0 Å². The number of rotatable bonds is 1. The van der Waals surface area contributed by atoms with Crippen LogP contribution in [0, 0.1) is 11.8 Å². The Bertz CT molecular complexity index is 321. The number of hydrogen-bond acceptors (Lipinski definition) is 3. The van der Waals surface area contributed by atoms with Crippen LogP contribution in [0.5, 0.6) is 0 Å². The van der Waals surface area contributed by atoms with Gasteiger partial charge in [0.2, 0.25) is 5.91 Å². The summed E-state index contributed by atoms with van der Waals surface area (Å²) in [5.74, 6) is 0.837. The zero-order chi connectivity index (χ0) is 14.0. The minimum atomic E-state index is 0.0504. The van der Waals surface area contributed by atoms with Gasteiger partial charge in [0.15, 0.2) is 0 Å². The number of amides is 1. The van der Waals surface area contributed by atoms with Crippen molar-refractivity contribution in [2.45, 2.75) is 51.6 Å². The van der Waals surface area contributed by atoms with Crippen molar-refractivity contribution >= 4 is 5.91 Å². The highest BCUT2D eigenvalue weighted by molar-refractivity contribution is 5.80. The molecule has 1 heterocycles. The molecule has 0 aromatic rings. The molecule has 2 aliphatic rings. The highest BCUT2D eigenvalue weighted by atomic mass is 16.2. The van der Waals surface area contributed by atoms with E-state index < -0.39 is 0 Å². The maximum Gasteiger partial charge on any atom is 0.227 e. The van der Waals surface area contributed by atoms with Crippen LogP contribution in [0.1, 0.15) is 39.5 Å². The molecule has 4 nitrogen and oxygen atoms in total. The quantitative estimate of drug-likeness (QED) is 0.779. The standard InChI is InChI=1S/C15H29N3O/c1-11-6-4-7-13(14(11)16)15(19)18-9-5-8-17(3)10-12(18)2/h11-14H,4-10,16H2,1-3H3. The first-order chi connectivity index (χ1) is 9.00. The lowest BCUT2D eigenvalue weighted by atomic mass is 9.77. The van der Waals surface area contributed by atoms with Crippen LogP contribution in [0.15, 0.2) is 0 Å². The number of nitrogens with two attached hydrogens (primary N) is 1. The molecule has 0 aromatic heterocycles. The molecule has 1 amide bonds. The molecule has 2 rings (SSSR count). The van der Waals surface area contributed by atoms with Gasteiger partial charge in [-0.3, -0.25) is 4.79 Å². The van der Waals surface area contributed by atoms with Crippen molar-refractivity contribution in [3.8, 4) is 0 Å². The number of likely N-dealkylation sites (N-methyl/N-ethyl adjacent to an activating group) is 1. The van der Waals surface area contributed by atoms with Crippen LogP contribution in [0.2, 0.25) is 0 Å². The van der Waals surface area contributed by atoms with Crippen molar-refractivity contribution in [1.82, 2.24) is 9.80 Å². The summed E-state index contributed by atoms with van der Waals surface area (Å²) in [6.07, 6.45) is 4.37. The van der Waals surface area contributed by atoms with Gasteiger partial charge in [-0.1, -0.05) is 13.3 Å². The average molecular weight is 267 g/mol. The van der Waals surface area contributed by atoms with Crippen LogP contribution in [-0.4, -0.2) is 54.5 Å². The summed E-state index contributed by atoms with van der Waals surface area (Å²) >= 11 is 0. The first-order valence-electron chi connectivity index (χ1n) is 7.75. The van der Waals surface area contributed by atoms with Crippen molar-refractivity contribution in [2.24, 2.45) is 17.6 Å². The summed E-state index contributed by atoms with van der Waals surface area (Å²) < 4.78 is 0. The SMILES string of the molecule is CC1CCCC(C(=O)N2CCCN(C)CC2C)C1N. The van der Waals surface area contributed by atoms with E-state index in [-0.39, 0.29) is 12.0 Å². The Balaban J connectivity index is 2.05. The van der Waals surface area contributed by atoms with Crippen molar-refractivity contribution in [1.29, 1.82) is 0 Å². The smallest absolute Gasteiger partial charge is 0.227 e. The molecule has 0 radical (unpaired) electrons. The Morgan fingerprint density at radius 3 is 2.63 bits per heavy atom. The van der Waals surface area contributed by atoms with Gasteiger partial charge in [0.05, 0.1) is 5.92 Å². The second-order valence-corrected chi connectivity index (χ2v) is 6.59. The molecule has 2 N–H and O–H groups in total. The molecule has 4 atom stereocenters. The van der Waals surface area contributed by atoms with E-state index in [0.717, 1.165) is 38.9 Å². The summed E-state index contributed by atoms with van der Waals surface area (Å²) in [5.41, 5.74) is 6.28. The molecule has 1 saturated carbocycles. The van der Waals surface area contributed by atoms with Crippen molar-refractivity contribution < 1.29 is 4.79 Å². The van der Waals surface area contributed by atoms with E-state index in [0.29, 0.717) is 17.9 Å². The normalized spacial score (nSPS) is 38.0. The monoisotopic (exact) mass is 267 g/mol. The third-order valence-corrected chi connectivity index (χ3v) is 4.94. The Kier molecular flexibility index (Phi) is 4.85. The lowest BCUT2D eigenvalue weighted by molar-refractivity contribution is -0.139. The molecule has 0 spiro atoms. The highest BCUT2D eigenvalue weighted by Crippen LogP contribution is 2.30. The largest absolute Gasteiger partial charge is 0.338 e. The van der Waals surface area contributed by atoms with Crippen LogP contribution in [0.4, 0.5) is 0 Å². The first-order valence-corrected chi connectivity index (χ1v) is 7.75. The number of carbonyl (C=O) groups is 1. The van der Waals surface area contributed by atoms with E-state index in [9.17, 15) is 4.79 Å². The number of hydrogen-bond donors (Lipinski definition) is 1. The summed E-state index contributed by atoms with van der Waals surface area (Å²) in [7, 11) is 2.14. The maximum atomic E-state index is 12.8. The second-order valence-electron chi connectivity index (χ2n) is 6.59. The fourth-order valence-corrected chi connectivity index (χ4v) is 3.64. The van der Waals surface area contributed by atoms with Crippen LogP contribution in [0.3, 0.4) is 0 Å². The Labute approximate surface area is 117 Å². The highest BCUT2D eigenvalue weighted by Gasteiger charge is 2.37. The lowest BCUT2D eigenvalue weighted by Crippen LogP contribution is -2.52. The number of nitrogens with zero attached hydrogens (tertiary/aromatic N) is 2. The molecule has 1 aliphatic heterocycles.